The van der Waals surface area contributed by atoms with E-state index in [9.17, 15) is 9.90 Å². The molecule has 1 fully saturated rings. The summed E-state index contributed by atoms with van der Waals surface area (Å²) in [6, 6.07) is 7.76. The van der Waals surface area contributed by atoms with Gasteiger partial charge in [-0.05, 0) is 30.9 Å². The molecule has 0 bridgehead atoms. The first-order chi connectivity index (χ1) is 10.2. The zero-order chi connectivity index (χ0) is 15.1. The summed E-state index contributed by atoms with van der Waals surface area (Å²) in [5.41, 5.74) is 0.646. The van der Waals surface area contributed by atoms with Gasteiger partial charge in [-0.2, -0.15) is 0 Å². The van der Waals surface area contributed by atoms with Crippen molar-refractivity contribution in [3.63, 3.8) is 0 Å². The van der Waals surface area contributed by atoms with Gasteiger partial charge in [0.2, 0.25) is 5.91 Å². The van der Waals surface area contributed by atoms with Crippen LogP contribution in [0.25, 0.3) is 0 Å². The Morgan fingerprint density at radius 1 is 1.29 bits per heavy atom. The SMILES string of the molecule is COc1ccccc1CCC(=O)NC1(CO)CCCCC1. The second-order valence-corrected chi connectivity index (χ2v) is 5.86. The molecule has 1 saturated carbocycles. The van der Waals surface area contributed by atoms with Crippen LogP contribution in [0.2, 0.25) is 0 Å². The molecule has 0 radical (unpaired) electrons. The van der Waals surface area contributed by atoms with Crippen LogP contribution >= 0.6 is 0 Å². The maximum atomic E-state index is 12.2. The van der Waals surface area contributed by atoms with Crippen molar-refractivity contribution in [3.05, 3.63) is 29.8 Å². The minimum atomic E-state index is -0.393. The van der Waals surface area contributed by atoms with Gasteiger partial charge in [0, 0.05) is 6.42 Å². The number of aliphatic hydroxyl groups excluding tert-OH is 1. The zero-order valence-corrected chi connectivity index (χ0v) is 12.7. The summed E-state index contributed by atoms with van der Waals surface area (Å²) >= 11 is 0. The van der Waals surface area contributed by atoms with Crippen molar-refractivity contribution in [1.29, 1.82) is 0 Å². The minimum Gasteiger partial charge on any atom is -0.496 e. The summed E-state index contributed by atoms with van der Waals surface area (Å²) < 4.78 is 5.30. The van der Waals surface area contributed by atoms with Gasteiger partial charge in [-0.1, -0.05) is 37.5 Å². The molecule has 0 aromatic heterocycles. The van der Waals surface area contributed by atoms with Gasteiger partial charge in [-0.15, -0.1) is 0 Å². The van der Waals surface area contributed by atoms with Gasteiger partial charge < -0.3 is 15.2 Å². The molecule has 2 rings (SSSR count). The van der Waals surface area contributed by atoms with Crippen LogP contribution in [-0.2, 0) is 11.2 Å². The zero-order valence-electron chi connectivity index (χ0n) is 12.7. The lowest BCUT2D eigenvalue weighted by molar-refractivity contribution is -0.124. The van der Waals surface area contributed by atoms with Crippen LogP contribution in [0.5, 0.6) is 5.75 Å². The van der Waals surface area contributed by atoms with E-state index in [-0.39, 0.29) is 12.5 Å². The number of rotatable bonds is 6. The number of aryl methyl sites for hydroxylation is 1. The fourth-order valence-corrected chi connectivity index (χ4v) is 3.07. The van der Waals surface area contributed by atoms with Crippen LogP contribution in [0, 0.1) is 0 Å². The molecule has 0 atom stereocenters. The maximum absolute atomic E-state index is 12.2. The molecule has 1 aliphatic rings. The average Bonchev–Trinajstić information content (AvgIpc) is 2.54. The molecule has 0 spiro atoms. The van der Waals surface area contributed by atoms with E-state index in [0.29, 0.717) is 12.8 Å². The molecule has 0 saturated heterocycles. The van der Waals surface area contributed by atoms with E-state index >= 15 is 0 Å². The Morgan fingerprint density at radius 2 is 2.00 bits per heavy atom. The summed E-state index contributed by atoms with van der Waals surface area (Å²) in [5, 5.41) is 12.7. The Labute approximate surface area is 126 Å². The van der Waals surface area contributed by atoms with Crippen molar-refractivity contribution < 1.29 is 14.6 Å². The van der Waals surface area contributed by atoms with E-state index in [0.717, 1.165) is 37.0 Å². The largest absolute Gasteiger partial charge is 0.496 e. The first kappa shape index (κ1) is 15.8. The monoisotopic (exact) mass is 291 g/mol. The number of para-hydroxylation sites is 1. The number of nitrogens with one attached hydrogen (secondary N) is 1. The molecule has 21 heavy (non-hydrogen) atoms. The van der Waals surface area contributed by atoms with E-state index in [1.165, 1.54) is 6.42 Å². The standard InChI is InChI=1S/C17H25NO3/c1-21-15-8-4-3-7-14(15)9-10-16(20)18-17(13-19)11-5-2-6-12-17/h3-4,7-8,19H,2,5-6,9-13H2,1H3,(H,18,20). The molecular weight excluding hydrogens is 266 g/mol. The molecule has 4 nitrogen and oxygen atoms in total. The van der Waals surface area contributed by atoms with Gasteiger partial charge in [-0.3, -0.25) is 4.79 Å². The fourth-order valence-electron chi connectivity index (χ4n) is 3.07. The number of carbonyl (C=O) groups is 1. The number of hydrogen-bond acceptors (Lipinski definition) is 3. The molecule has 0 unspecified atom stereocenters. The highest BCUT2D eigenvalue weighted by Gasteiger charge is 2.32. The third-order valence-corrected chi connectivity index (χ3v) is 4.33. The summed E-state index contributed by atoms with van der Waals surface area (Å²) in [7, 11) is 1.64. The lowest BCUT2D eigenvalue weighted by atomic mass is 9.82. The molecule has 4 heteroatoms. The van der Waals surface area contributed by atoms with Crippen LogP contribution in [0.4, 0.5) is 0 Å². The molecule has 1 amide bonds. The number of ether oxygens (including phenoxy) is 1. The van der Waals surface area contributed by atoms with E-state index in [4.69, 9.17) is 4.74 Å². The summed E-state index contributed by atoms with van der Waals surface area (Å²) in [6.45, 7) is 0.0351. The van der Waals surface area contributed by atoms with Gasteiger partial charge >= 0.3 is 0 Å². The smallest absolute Gasteiger partial charge is 0.220 e. The Bertz CT molecular complexity index is 467. The highest BCUT2D eigenvalue weighted by molar-refractivity contribution is 5.77. The first-order valence-corrected chi connectivity index (χ1v) is 7.73. The van der Waals surface area contributed by atoms with Crippen molar-refractivity contribution in [1.82, 2.24) is 5.32 Å². The van der Waals surface area contributed by atoms with Gasteiger partial charge in [-0.25, -0.2) is 0 Å². The van der Waals surface area contributed by atoms with Crippen LogP contribution < -0.4 is 10.1 Å². The van der Waals surface area contributed by atoms with Gasteiger partial charge in [0.15, 0.2) is 0 Å². The van der Waals surface area contributed by atoms with Gasteiger partial charge in [0.05, 0.1) is 19.3 Å². The molecule has 116 valence electrons. The van der Waals surface area contributed by atoms with E-state index in [1.807, 2.05) is 24.3 Å². The molecular formula is C17H25NO3. The van der Waals surface area contributed by atoms with Gasteiger partial charge in [0.1, 0.15) is 5.75 Å². The molecule has 1 aliphatic carbocycles. The first-order valence-electron chi connectivity index (χ1n) is 7.73. The summed E-state index contributed by atoms with van der Waals surface area (Å²) in [6.07, 6.45) is 6.17. The van der Waals surface area contributed by atoms with E-state index < -0.39 is 5.54 Å². The Morgan fingerprint density at radius 3 is 2.67 bits per heavy atom. The predicted octanol–water partition coefficient (Wildman–Crippen LogP) is 2.44. The van der Waals surface area contributed by atoms with E-state index in [1.54, 1.807) is 7.11 Å². The molecule has 1 aromatic carbocycles. The van der Waals surface area contributed by atoms with Crippen molar-refractivity contribution >= 4 is 5.91 Å². The number of amides is 1. The van der Waals surface area contributed by atoms with Crippen molar-refractivity contribution in [2.24, 2.45) is 0 Å². The normalized spacial score (nSPS) is 17.2. The molecule has 2 N–H and O–H groups in total. The second-order valence-electron chi connectivity index (χ2n) is 5.86. The average molecular weight is 291 g/mol. The van der Waals surface area contributed by atoms with Crippen LogP contribution in [0.3, 0.4) is 0 Å². The molecule has 0 heterocycles. The third-order valence-electron chi connectivity index (χ3n) is 4.33. The van der Waals surface area contributed by atoms with Crippen LogP contribution in [0.15, 0.2) is 24.3 Å². The van der Waals surface area contributed by atoms with Crippen LogP contribution in [0.1, 0.15) is 44.1 Å². The summed E-state index contributed by atoms with van der Waals surface area (Å²) in [5.74, 6) is 0.830. The van der Waals surface area contributed by atoms with Crippen molar-refractivity contribution in [2.75, 3.05) is 13.7 Å². The number of carbonyl (C=O) groups excluding carboxylic acids is 1. The van der Waals surface area contributed by atoms with Crippen LogP contribution in [-0.4, -0.2) is 30.3 Å². The van der Waals surface area contributed by atoms with Crippen molar-refractivity contribution in [3.8, 4) is 5.75 Å². The number of methoxy groups -OCH3 is 1. The lowest BCUT2D eigenvalue weighted by Gasteiger charge is -2.36. The number of hydrogen-bond donors (Lipinski definition) is 2. The Balaban J connectivity index is 1.89. The highest BCUT2D eigenvalue weighted by atomic mass is 16.5. The molecule has 0 aliphatic heterocycles. The van der Waals surface area contributed by atoms with Gasteiger partial charge in [0.25, 0.3) is 0 Å². The Hall–Kier alpha value is -1.55. The Kier molecular flexibility index (Phi) is 5.62. The maximum Gasteiger partial charge on any atom is 0.220 e. The quantitative estimate of drug-likeness (QED) is 0.846. The third kappa shape index (κ3) is 4.21. The second kappa shape index (κ2) is 7.46. The lowest BCUT2D eigenvalue weighted by Crippen LogP contribution is -2.52. The fraction of sp³-hybridized carbons (Fsp3) is 0.588. The van der Waals surface area contributed by atoms with Crippen molar-refractivity contribution in [2.45, 2.75) is 50.5 Å². The molecule has 1 aromatic rings. The predicted molar refractivity (Wildman–Crippen MR) is 82.4 cm³/mol. The van der Waals surface area contributed by atoms with E-state index in [2.05, 4.69) is 5.32 Å². The minimum absolute atomic E-state index is 0.0110. The number of benzene rings is 1. The highest BCUT2D eigenvalue weighted by Crippen LogP contribution is 2.28. The summed E-state index contributed by atoms with van der Waals surface area (Å²) in [4.78, 5) is 12.2. The topological polar surface area (TPSA) is 58.6 Å². The number of aliphatic hydroxyl groups is 1.